The fourth-order valence-corrected chi connectivity index (χ4v) is 2.65. The van der Waals surface area contributed by atoms with Crippen LogP contribution in [0, 0.1) is 5.92 Å². The molecule has 1 aliphatic rings. The maximum Gasteiger partial charge on any atom is 0.470 e. The molecule has 0 aromatic heterocycles. The van der Waals surface area contributed by atoms with E-state index in [1.807, 2.05) is 6.92 Å². The number of hydrogen-bond acceptors (Lipinski definition) is 2. The Morgan fingerprint density at radius 3 is 2.40 bits per heavy atom. The first-order chi connectivity index (χ1) is 7.03. The topological polar surface area (TPSA) is 66.8 Å². The Bertz CT molecular complexity index is 252. The standard InChI is InChI=1S/C10H19O4P/c1-2-6-10(14-15(11,12)13)9-7-4-3-5-8-9/h2,6,9-10H,3-5,7-8H2,1H3,(H2,11,12,13). The Morgan fingerprint density at radius 2 is 1.93 bits per heavy atom. The van der Waals surface area contributed by atoms with Crippen LogP contribution in [0.4, 0.5) is 0 Å². The van der Waals surface area contributed by atoms with Crippen LogP contribution in [0.1, 0.15) is 39.0 Å². The van der Waals surface area contributed by atoms with Crippen LogP contribution >= 0.6 is 7.82 Å². The van der Waals surface area contributed by atoms with Crippen LogP contribution in [0.15, 0.2) is 12.2 Å². The monoisotopic (exact) mass is 234 g/mol. The van der Waals surface area contributed by atoms with Gasteiger partial charge < -0.3 is 9.79 Å². The van der Waals surface area contributed by atoms with Gasteiger partial charge in [-0.05, 0) is 25.7 Å². The highest BCUT2D eigenvalue weighted by Gasteiger charge is 2.28. The molecule has 0 radical (unpaired) electrons. The molecule has 0 heterocycles. The summed E-state index contributed by atoms with van der Waals surface area (Å²) in [7, 11) is -4.37. The van der Waals surface area contributed by atoms with E-state index in [-0.39, 0.29) is 5.92 Å². The average molecular weight is 234 g/mol. The molecule has 0 saturated heterocycles. The lowest BCUT2D eigenvalue weighted by Gasteiger charge is -2.28. The summed E-state index contributed by atoms with van der Waals surface area (Å²) in [5.74, 6) is 0.252. The number of allylic oxidation sites excluding steroid dienone is 1. The fourth-order valence-electron chi connectivity index (χ4n) is 2.09. The third-order valence-electron chi connectivity index (χ3n) is 2.76. The molecule has 0 amide bonds. The third-order valence-corrected chi connectivity index (χ3v) is 3.27. The van der Waals surface area contributed by atoms with Crippen LogP contribution in [0.5, 0.6) is 0 Å². The third kappa shape index (κ3) is 4.94. The summed E-state index contributed by atoms with van der Waals surface area (Å²) < 4.78 is 15.6. The number of phosphoric acid groups is 1. The first-order valence-corrected chi connectivity index (χ1v) is 6.92. The molecule has 1 unspecified atom stereocenters. The predicted molar refractivity (Wildman–Crippen MR) is 58.3 cm³/mol. The van der Waals surface area contributed by atoms with Gasteiger partial charge in [-0.25, -0.2) is 4.57 Å². The highest BCUT2D eigenvalue weighted by atomic mass is 31.2. The zero-order valence-corrected chi connectivity index (χ0v) is 9.90. The van der Waals surface area contributed by atoms with Crippen LogP contribution in [-0.4, -0.2) is 15.9 Å². The second-order valence-corrected chi connectivity index (χ2v) is 5.18. The lowest BCUT2D eigenvalue weighted by Crippen LogP contribution is -2.23. The molecule has 1 fully saturated rings. The minimum Gasteiger partial charge on any atom is -0.303 e. The molecular weight excluding hydrogens is 215 g/mol. The Labute approximate surface area is 90.6 Å². The highest BCUT2D eigenvalue weighted by Crippen LogP contribution is 2.42. The lowest BCUT2D eigenvalue weighted by atomic mass is 9.85. The second-order valence-electron chi connectivity index (χ2n) is 3.98. The van der Waals surface area contributed by atoms with E-state index in [1.54, 1.807) is 12.2 Å². The Kier molecular flexibility index (Phi) is 5.00. The number of phosphoric ester groups is 1. The van der Waals surface area contributed by atoms with Crippen LogP contribution in [-0.2, 0) is 9.09 Å². The molecule has 0 aromatic rings. The first-order valence-electron chi connectivity index (χ1n) is 5.39. The van der Waals surface area contributed by atoms with Crippen molar-refractivity contribution in [1.29, 1.82) is 0 Å². The highest BCUT2D eigenvalue weighted by molar-refractivity contribution is 7.46. The van der Waals surface area contributed by atoms with E-state index in [0.717, 1.165) is 25.7 Å². The normalized spacial score (nSPS) is 22.1. The summed E-state index contributed by atoms with van der Waals surface area (Å²) >= 11 is 0. The van der Waals surface area contributed by atoms with Crippen molar-refractivity contribution < 1.29 is 18.9 Å². The van der Waals surface area contributed by atoms with Crippen LogP contribution in [0.2, 0.25) is 0 Å². The van der Waals surface area contributed by atoms with Gasteiger partial charge in [0.2, 0.25) is 0 Å². The Balaban J connectivity index is 2.59. The molecular formula is C10H19O4P. The summed E-state index contributed by atoms with van der Waals surface area (Å²) in [6.45, 7) is 1.83. The predicted octanol–water partition coefficient (Wildman–Crippen LogP) is 2.62. The van der Waals surface area contributed by atoms with Crippen molar-refractivity contribution in [3.63, 3.8) is 0 Å². The van der Waals surface area contributed by atoms with Crippen LogP contribution in [0.25, 0.3) is 0 Å². The van der Waals surface area contributed by atoms with E-state index in [2.05, 4.69) is 0 Å². The van der Waals surface area contributed by atoms with Crippen molar-refractivity contribution in [2.45, 2.75) is 45.1 Å². The van der Waals surface area contributed by atoms with Gasteiger partial charge in [-0.3, -0.25) is 4.52 Å². The van der Waals surface area contributed by atoms with Crippen molar-refractivity contribution in [2.75, 3.05) is 0 Å². The molecule has 2 N–H and O–H groups in total. The molecule has 1 atom stereocenters. The molecule has 0 aliphatic heterocycles. The maximum absolute atomic E-state index is 10.8. The fraction of sp³-hybridized carbons (Fsp3) is 0.800. The molecule has 1 rings (SSSR count). The van der Waals surface area contributed by atoms with Crippen molar-refractivity contribution in [3.8, 4) is 0 Å². The average Bonchev–Trinajstić information content (AvgIpc) is 2.17. The summed E-state index contributed by atoms with van der Waals surface area (Å²) in [5, 5.41) is 0. The van der Waals surface area contributed by atoms with E-state index < -0.39 is 13.9 Å². The Hall–Kier alpha value is -0.150. The van der Waals surface area contributed by atoms with E-state index in [1.165, 1.54) is 6.42 Å². The van der Waals surface area contributed by atoms with Crippen molar-refractivity contribution in [3.05, 3.63) is 12.2 Å². The van der Waals surface area contributed by atoms with E-state index in [4.69, 9.17) is 14.3 Å². The van der Waals surface area contributed by atoms with Gasteiger partial charge in [0.05, 0.1) is 6.10 Å². The SMILES string of the molecule is CC=CC(OP(=O)(O)O)C1CCCCC1. The second kappa shape index (κ2) is 5.80. The van der Waals surface area contributed by atoms with Gasteiger partial charge in [0.15, 0.2) is 0 Å². The van der Waals surface area contributed by atoms with Gasteiger partial charge in [-0.15, -0.1) is 0 Å². The van der Waals surface area contributed by atoms with Gasteiger partial charge in [0, 0.05) is 0 Å². The maximum atomic E-state index is 10.8. The molecule has 0 aromatic carbocycles. The van der Waals surface area contributed by atoms with Crippen molar-refractivity contribution in [2.24, 2.45) is 5.92 Å². The summed E-state index contributed by atoms with van der Waals surface area (Å²) in [5.41, 5.74) is 0. The van der Waals surface area contributed by atoms with Gasteiger partial charge in [0.25, 0.3) is 0 Å². The molecule has 15 heavy (non-hydrogen) atoms. The molecule has 5 heteroatoms. The summed E-state index contributed by atoms with van der Waals surface area (Å²) in [4.78, 5) is 17.6. The summed E-state index contributed by atoms with van der Waals surface area (Å²) in [6.07, 6.45) is 8.56. The number of rotatable bonds is 4. The molecule has 88 valence electrons. The first kappa shape index (κ1) is 12.9. The summed E-state index contributed by atoms with van der Waals surface area (Å²) in [6, 6.07) is 0. The lowest BCUT2D eigenvalue weighted by molar-refractivity contribution is 0.102. The molecule has 1 aliphatic carbocycles. The molecule has 0 spiro atoms. The largest absolute Gasteiger partial charge is 0.470 e. The van der Waals surface area contributed by atoms with Gasteiger partial charge in [-0.1, -0.05) is 31.4 Å². The molecule has 1 saturated carbocycles. The minimum absolute atomic E-state index is 0.252. The Morgan fingerprint density at radius 1 is 1.33 bits per heavy atom. The van der Waals surface area contributed by atoms with E-state index >= 15 is 0 Å². The van der Waals surface area contributed by atoms with Gasteiger partial charge in [0.1, 0.15) is 0 Å². The van der Waals surface area contributed by atoms with Gasteiger partial charge in [-0.2, -0.15) is 0 Å². The smallest absolute Gasteiger partial charge is 0.303 e. The zero-order valence-electron chi connectivity index (χ0n) is 9.00. The number of hydrogen-bond donors (Lipinski definition) is 2. The zero-order chi connectivity index (χ0) is 11.3. The van der Waals surface area contributed by atoms with Crippen LogP contribution in [0.3, 0.4) is 0 Å². The van der Waals surface area contributed by atoms with Crippen LogP contribution < -0.4 is 0 Å². The van der Waals surface area contributed by atoms with E-state index in [9.17, 15) is 4.57 Å². The van der Waals surface area contributed by atoms with Crippen molar-refractivity contribution >= 4 is 7.82 Å². The molecule has 4 nitrogen and oxygen atoms in total. The van der Waals surface area contributed by atoms with E-state index in [0.29, 0.717) is 0 Å². The minimum atomic E-state index is -4.37. The molecule has 0 bridgehead atoms. The quantitative estimate of drug-likeness (QED) is 0.579. The van der Waals surface area contributed by atoms with Crippen molar-refractivity contribution in [1.82, 2.24) is 0 Å². The van der Waals surface area contributed by atoms with Gasteiger partial charge >= 0.3 is 7.82 Å².